The van der Waals surface area contributed by atoms with Crippen molar-refractivity contribution in [3.8, 4) is 0 Å². The summed E-state index contributed by atoms with van der Waals surface area (Å²) in [7, 11) is -2.01. The van der Waals surface area contributed by atoms with Crippen molar-refractivity contribution in [2.75, 3.05) is 6.54 Å². The van der Waals surface area contributed by atoms with Gasteiger partial charge in [-0.15, -0.1) is 5.10 Å². The molecule has 0 saturated heterocycles. The summed E-state index contributed by atoms with van der Waals surface area (Å²) in [5.41, 5.74) is 0. The van der Waals surface area contributed by atoms with E-state index in [9.17, 15) is 8.42 Å². The van der Waals surface area contributed by atoms with Gasteiger partial charge in [-0.3, -0.25) is 0 Å². The average molecular weight is 416 g/mol. The standard InChI is InChI=1S/C10H16Br2N4O2S/c1-16-10(9(12)14-15-16)19(17,18)13-6-7-3-2-4-8(11)5-7/h7-8,13H,2-6H2,1H3. The van der Waals surface area contributed by atoms with E-state index in [0.29, 0.717) is 17.3 Å². The first-order valence-corrected chi connectivity index (χ1v) is 9.28. The third-order valence-corrected chi connectivity index (χ3v) is 6.41. The molecule has 0 amide bonds. The van der Waals surface area contributed by atoms with E-state index in [4.69, 9.17) is 0 Å². The summed E-state index contributed by atoms with van der Waals surface area (Å²) in [6.07, 6.45) is 4.38. The highest BCUT2D eigenvalue weighted by molar-refractivity contribution is 9.10. The highest BCUT2D eigenvalue weighted by atomic mass is 79.9. The zero-order valence-electron chi connectivity index (χ0n) is 10.5. The topological polar surface area (TPSA) is 76.9 Å². The summed E-state index contributed by atoms with van der Waals surface area (Å²) in [5, 5.41) is 7.44. The molecule has 1 aromatic rings. The second-order valence-corrected chi connectivity index (χ2v) is 8.52. The van der Waals surface area contributed by atoms with Gasteiger partial charge in [-0.25, -0.2) is 17.8 Å². The van der Waals surface area contributed by atoms with E-state index in [1.807, 2.05) is 0 Å². The van der Waals surface area contributed by atoms with Crippen molar-refractivity contribution in [2.24, 2.45) is 13.0 Å². The highest BCUT2D eigenvalue weighted by Crippen LogP contribution is 2.29. The zero-order chi connectivity index (χ0) is 14.0. The van der Waals surface area contributed by atoms with Gasteiger partial charge in [-0.2, -0.15) is 0 Å². The van der Waals surface area contributed by atoms with Crippen LogP contribution in [0.15, 0.2) is 9.63 Å². The Morgan fingerprint density at radius 3 is 2.79 bits per heavy atom. The lowest BCUT2D eigenvalue weighted by atomic mass is 9.89. The third-order valence-electron chi connectivity index (χ3n) is 3.27. The van der Waals surface area contributed by atoms with Gasteiger partial charge in [-0.1, -0.05) is 27.6 Å². The van der Waals surface area contributed by atoms with Gasteiger partial charge >= 0.3 is 0 Å². The minimum atomic E-state index is -3.57. The first-order chi connectivity index (χ1) is 8.90. The van der Waals surface area contributed by atoms with E-state index in [2.05, 4.69) is 46.9 Å². The first kappa shape index (κ1) is 15.4. The van der Waals surface area contributed by atoms with Crippen LogP contribution in [0, 0.1) is 5.92 Å². The molecule has 0 radical (unpaired) electrons. The lowest BCUT2D eigenvalue weighted by Crippen LogP contribution is -2.33. The van der Waals surface area contributed by atoms with Crippen LogP contribution < -0.4 is 4.72 Å². The van der Waals surface area contributed by atoms with Gasteiger partial charge in [0.2, 0.25) is 5.03 Å². The third kappa shape index (κ3) is 3.77. The molecule has 0 spiro atoms. The number of nitrogens with zero attached hydrogens (tertiary/aromatic N) is 3. The fraction of sp³-hybridized carbons (Fsp3) is 0.800. The van der Waals surface area contributed by atoms with Crippen molar-refractivity contribution in [2.45, 2.75) is 35.5 Å². The smallest absolute Gasteiger partial charge is 0.235 e. The van der Waals surface area contributed by atoms with Gasteiger partial charge in [0.1, 0.15) is 0 Å². The maximum Gasteiger partial charge on any atom is 0.260 e. The second-order valence-electron chi connectivity index (χ2n) is 4.79. The Morgan fingerprint density at radius 1 is 1.47 bits per heavy atom. The molecular weight excluding hydrogens is 400 g/mol. The van der Waals surface area contributed by atoms with Crippen molar-refractivity contribution < 1.29 is 8.42 Å². The Hall–Kier alpha value is 0.01000. The number of sulfonamides is 1. The molecule has 0 aromatic carbocycles. The molecule has 1 fully saturated rings. The van der Waals surface area contributed by atoms with Gasteiger partial charge in [0.05, 0.1) is 0 Å². The second kappa shape index (κ2) is 6.19. The summed E-state index contributed by atoms with van der Waals surface area (Å²) in [5.74, 6) is 0.382. The minimum Gasteiger partial charge on any atom is -0.235 e. The van der Waals surface area contributed by atoms with Crippen LogP contribution in [0.1, 0.15) is 25.7 Å². The van der Waals surface area contributed by atoms with Gasteiger partial charge in [0.15, 0.2) is 4.60 Å². The van der Waals surface area contributed by atoms with Gasteiger partial charge in [0, 0.05) is 18.4 Å². The summed E-state index contributed by atoms with van der Waals surface area (Å²) >= 11 is 6.71. The molecule has 108 valence electrons. The fourth-order valence-electron chi connectivity index (χ4n) is 2.31. The fourth-order valence-corrected chi connectivity index (χ4v) is 5.37. The number of aryl methyl sites for hydroxylation is 1. The lowest BCUT2D eigenvalue weighted by Gasteiger charge is -2.25. The van der Waals surface area contributed by atoms with E-state index in [-0.39, 0.29) is 9.63 Å². The molecule has 6 nitrogen and oxygen atoms in total. The van der Waals surface area contributed by atoms with Crippen molar-refractivity contribution in [1.82, 2.24) is 19.7 Å². The van der Waals surface area contributed by atoms with Crippen LogP contribution >= 0.6 is 31.9 Å². The van der Waals surface area contributed by atoms with E-state index in [1.165, 1.54) is 11.1 Å². The summed E-state index contributed by atoms with van der Waals surface area (Å²) in [6.45, 7) is 0.460. The Bertz CT molecular complexity index is 526. The largest absolute Gasteiger partial charge is 0.260 e. The minimum absolute atomic E-state index is 0.0682. The van der Waals surface area contributed by atoms with Crippen LogP contribution in [-0.4, -0.2) is 34.8 Å². The molecule has 2 rings (SSSR count). The molecule has 1 aliphatic carbocycles. The van der Waals surface area contributed by atoms with E-state index in [0.717, 1.165) is 19.3 Å². The number of nitrogens with one attached hydrogen (secondary N) is 1. The predicted octanol–water partition coefficient (Wildman–Crippen LogP) is 1.81. The normalized spacial score (nSPS) is 24.6. The average Bonchev–Trinajstić information content (AvgIpc) is 2.67. The molecule has 1 aliphatic rings. The van der Waals surface area contributed by atoms with E-state index < -0.39 is 10.0 Å². The molecule has 1 saturated carbocycles. The molecule has 0 bridgehead atoms. The van der Waals surface area contributed by atoms with Crippen LogP contribution in [0.25, 0.3) is 0 Å². The Morgan fingerprint density at radius 2 is 2.21 bits per heavy atom. The van der Waals surface area contributed by atoms with Crippen molar-refractivity contribution in [1.29, 1.82) is 0 Å². The van der Waals surface area contributed by atoms with Crippen molar-refractivity contribution >= 4 is 41.9 Å². The van der Waals surface area contributed by atoms with Crippen LogP contribution in [-0.2, 0) is 17.1 Å². The molecule has 9 heteroatoms. The monoisotopic (exact) mass is 414 g/mol. The lowest BCUT2D eigenvalue weighted by molar-refractivity contribution is 0.367. The van der Waals surface area contributed by atoms with Crippen LogP contribution in [0.3, 0.4) is 0 Å². The van der Waals surface area contributed by atoms with Crippen LogP contribution in [0.4, 0.5) is 0 Å². The van der Waals surface area contributed by atoms with Crippen molar-refractivity contribution in [3.63, 3.8) is 0 Å². The van der Waals surface area contributed by atoms with Gasteiger partial charge < -0.3 is 0 Å². The molecule has 19 heavy (non-hydrogen) atoms. The molecule has 2 unspecified atom stereocenters. The molecule has 1 N–H and O–H groups in total. The van der Waals surface area contributed by atoms with Crippen molar-refractivity contribution in [3.05, 3.63) is 4.60 Å². The van der Waals surface area contributed by atoms with E-state index in [1.54, 1.807) is 7.05 Å². The number of alkyl halides is 1. The quantitative estimate of drug-likeness (QED) is 0.760. The van der Waals surface area contributed by atoms with Gasteiger partial charge in [-0.05, 0) is 41.1 Å². The number of hydrogen-bond acceptors (Lipinski definition) is 4. The Balaban J connectivity index is 2.02. The number of aromatic nitrogens is 3. The Labute approximate surface area is 129 Å². The number of rotatable bonds is 4. The molecule has 1 heterocycles. The highest BCUT2D eigenvalue weighted by Gasteiger charge is 2.26. The maximum atomic E-state index is 12.2. The first-order valence-electron chi connectivity index (χ1n) is 6.09. The van der Waals surface area contributed by atoms with E-state index >= 15 is 0 Å². The number of halogens is 2. The number of hydrogen-bond donors (Lipinski definition) is 1. The Kier molecular flexibility index (Phi) is 5.02. The summed E-state index contributed by atoms with van der Waals surface area (Å²) in [4.78, 5) is 0.501. The van der Waals surface area contributed by atoms with Crippen LogP contribution in [0.5, 0.6) is 0 Å². The molecule has 2 atom stereocenters. The van der Waals surface area contributed by atoms with Gasteiger partial charge in [0.25, 0.3) is 10.0 Å². The van der Waals surface area contributed by atoms with Crippen LogP contribution in [0.2, 0.25) is 0 Å². The zero-order valence-corrected chi connectivity index (χ0v) is 14.5. The summed E-state index contributed by atoms with van der Waals surface area (Å²) < 4.78 is 28.6. The predicted molar refractivity (Wildman–Crippen MR) is 78.6 cm³/mol. The molecular formula is C10H16Br2N4O2S. The SMILES string of the molecule is Cn1nnc(Br)c1S(=O)(=O)NCC1CCCC(Br)C1. The molecule has 0 aliphatic heterocycles. The maximum absolute atomic E-state index is 12.2. The molecule has 1 aromatic heterocycles. The summed E-state index contributed by atoms with van der Waals surface area (Å²) in [6, 6.07) is 0.